The summed E-state index contributed by atoms with van der Waals surface area (Å²) in [5, 5.41) is 3.36. The molecule has 2 aliphatic heterocycles. The van der Waals surface area contributed by atoms with E-state index in [1.54, 1.807) is 0 Å². The average Bonchev–Trinajstić information content (AvgIpc) is 2.67. The average molecular weight is 267 g/mol. The second-order valence-corrected chi connectivity index (χ2v) is 6.62. The first-order valence-corrected chi connectivity index (χ1v) is 7.82. The first-order valence-electron chi connectivity index (χ1n) is 7.82. The second-order valence-electron chi connectivity index (χ2n) is 6.62. The Balaban J connectivity index is 1.90. The number of carbonyl (C=O) groups is 1. The topological polar surface area (TPSA) is 35.6 Å². The van der Waals surface area contributed by atoms with E-state index < -0.39 is 0 Å². The molecule has 2 aliphatic rings. The lowest BCUT2D eigenvalue weighted by atomic mass is 9.90. The molecular formula is C15H29N3O. The minimum absolute atomic E-state index is 0.248. The molecule has 1 amide bonds. The van der Waals surface area contributed by atoms with E-state index in [9.17, 15) is 4.79 Å². The third-order valence-electron chi connectivity index (χ3n) is 4.30. The number of carbonyl (C=O) groups excluding carboxylic acids is 1. The van der Waals surface area contributed by atoms with Crippen LogP contribution in [0.5, 0.6) is 0 Å². The van der Waals surface area contributed by atoms with Crippen LogP contribution in [0.25, 0.3) is 0 Å². The Bertz CT molecular complexity index is 290. The third-order valence-corrected chi connectivity index (χ3v) is 4.30. The van der Waals surface area contributed by atoms with Crippen LogP contribution in [0.15, 0.2) is 0 Å². The van der Waals surface area contributed by atoms with Crippen molar-refractivity contribution in [3.63, 3.8) is 0 Å². The maximum Gasteiger partial charge on any atom is 0.229 e. The van der Waals surface area contributed by atoms with Crippen LogP contribution in [0.3, 0.4) is 0 Å². The molecule has 2 rings (SSSR count). The molecule has 110 valence electrons. The van der Waals surface area contributed by atoms with Gasteiger partial charge in [-0.05, 0) is 26.7 Å². The number of rotatable bonds is 3. The van der Waals surface area contributed by atoms with E-state index in [0.717, 1.165) is 45.8 Å². The third kappa shape index (κ3) is 4.18. The number of hydrogen-bond donors (Lipinski definition) is 1. The predicted molar refractivity (Wildman–Crippen MR) is 78.1 cm³/mol. The Morgan fingerprint density at radius 3 is 2.16 bits per heavy atom. The standard InChI is InChI=1S/C15H29N3O/c1-15(2,13-17-11-7-16-8-12-17)14(19)18-9-5-3-4-6-10-18/h16H,3-13H2,1-2H3. The van der Waals surface area contributed by atoms with Crippen molar-refractivity contribution in [1.82, 2.24) is 15.1 Å². The summed E-state index contributed by atoms with van der Waals surface area (Å²) in [6, 6.07) is 0. The molecule has 0 aromatic carbocycles. The van der Waals surface area contributed by atoms with Crippen molar-refractivity contribution in [3.8, 4) is 0 Å². The minimum Gasteiger partial charge on any atom is -0.342 e. The van der Waals surface area contributed by atoms with Crippen molar-refractivity contribution in [2.45, 2.75) is 39.5 Å². The summed E-state index contributed by atoms with van der Waals surface area (Å²) >= 11 is 0. The lowest BCUT2D eigenvalue weighted by Gasteiger charge is -2.37. The molecule has 1 N–H and O–H groups in total. The van der Waals surface area contributed by atoms with Crippen LogP contribution in [0, 0.1) is 5.41 Å². The number of amides is 1. The molecule has 0 atom stereocenters. The van der Waals surface area contributed by atoms with E-state index in [4.69, 9.17) is 0 Å². The van der Waals surface area contributed by atoms with Crippen molar-refractivity contribution < 1.29 is 4.79 Å². The Morgan fingerprint density at radius 1 is 1.00 bits per heavy atom. The Hall–Kier alpha value is -0.610. The first-order chi connectivity index (χ1) is 9.09. The monoisotopic (exact) mass is 267 g/mol. The number of piperazine rings is 1. The first kappa shape index (κ1) is 14.8. The lowest BCUT2D eigenvalue weighted by molar-refractivity contribution is -0.141. The molecular weight excluding hydrogens is 238 g/mol. The summed E-state index contributed by atoms with van der Waals surface area (Å²) in [6.07, 6.45) is 4.91. The zero-order valence-electron chi connectivity index (χ0n) is 12.6. The predicted octanol–water partition coefficient (Wildman–Crippen LogP) is 1.32. The van der Waals surface area contributed by atoms with E-state index >= 15 is 0 Å². The highest BCUT2D eigenvalue weighted by Gasteiger charge is 2.34. The van der Waals surface area contributed by atoms with Crippen LogP contribution in [0.4, 0.5) is 0 Å². The van der Waals surface area contributed by atoms with Crippen molar-refractivity contribution in [3.05, 3.63) is 0 Å². The van der Waals surface area contributed by atoms with Gasteiger partial charge in [0, 0.05) is 45.8 Å². The van der Waals surface area contributed by atoms with Crippen LogP contribution in [0.2, 0.25) is 0 Å². The van der Waals surface area contributed by atoms with Gasteiger partial charge in [0.2, 0.25) is 5.91 Å². The summed E-state index contributed by atoms with van der Waals surface area (Å²) in [5.74, 6) is 0.355. The maximum absolute atomic E-state index is 12.7. The van der Waals surface area contributed by atoms with Gasteiger partial charge in [0.1, 0.15) is 0 Å². The molecule has 0 unspecified atom stereocenters. The number of nitrogens with zero attached hydrogens (tertiary/aromatic N) is 2. The van der Waals surface area contributed by atoms with Gasteiger partial charge in [-0.2, -0.15) is 0 Å². The van der Waals surface area contributed by atoms with E-state index in [0.29, 0.717) is 5.91 Å². The SMILES string of the molecule is CC(C)(CN1CCNCC1)C(=O)N1CCCCCC1. The second kappa shape index (κ2) is 6.71. The summed E-state index contributed by atoms with van der Waals surface area (Å²) in [4.78, 5) is 17.3. The highest BCUT2D eigenvalue weighted by molar-refractivity contribution is 5.82. The van der Waals surface area contributed by atoms with Gasteiger partial charge in [-0.1, -0.05) is 12.8 Å². The van der Waals surface area contributed by atoms with Gasteiger partial charge >= 0.3 is 0 Å². The van der Waals surface area contributed by atoms with Crippen molar-refractivity contribution in [2.24, 2.45) is 5.41 Å². The maximum atomic E-state index is 12.7. The lowest BCUT2D eigenvalue weighted by Crippen LogP contribution is -2.51. The van der Waals surface area contributed by atoms with Crippen molar-refractivity contribution in [1.29, 1.82) is 0 Å². The zero-order chi connectivity index (χ0) is 13.7. The molecule has 0 bridgehead atoms. The number of likely N-dealkylation sites (tertiary alicyclic amines) is 1. The smallest absolute Gasteiger partial charge is 0.229 e. The van der Waals surface area contributed by atoms with Crippen molar-refractivity contribution >= 4 is 5.91 Å². The zero-order valence-corrected chi connectivity index (χ0v) is 12.6. The van der Waals surface area contributed by atoms with Crippen LogP contribution in [-0.2, 0) is 4.79 Å². The fraction of sp³-hybridized carbons (Fsp3) is 0.933. The van der Waals surface area contributed by atoms with Gasteiger partial charge in [-0.25, -0.2) is 0 Å². The largest absolute Gasteiger partial charge is 0.342 e. The molecule has 0 spiro atoms. The molecule has 4 nitrogen and oxygen atoms in total. The van der Waals surface area contributed by atoms with Crippen LogP contribution in [-0.4, -0.2) is 61.5 Å². The Kier molecular flexibility index (Phi) is 5.22. The summed E-state index contributed by atoms with van der Waals surface area (Å²) in [5.41, 5.74) is -0.248. The summed E-state index contributed by atoms with van der Waals surface area (Å²) in [6.45, 7) is 11.3. The van der Waals surface area contributed by atoms with E-state index in [-0.39, 0.29) is 5.41 Å². The van der Waals surface area contributed by atoms with Gasteiger partial charge < -0.3 is 10.2 Å². The summed E-state index contributed by atoms with van der Waals surface area (Å²) < 4.78 is 0. The molecule has 0 aromatic heterocycles. The van der Waals surface area contributed by atoms with Crippen LogP contribution < -0.4 is 5.32 Å². The highest BCUT2D eigenvalue weighted by Crippen LogP contribution is 2.23. The molecule has 0 aliphatic carbocycles. The molecule has 0 saturated carbocycles. The van der Waals surface area contributed by atoms with Crippen LogP contribution in [0.1, 0.15) is 39.5 Å². The van der Waals surface area contributed by atoms with E-state index in [1.807, 2.05) is 0 Å². The van der Waals surface area contributed by atoms with Gasteiger partial charge in [0.25, 0.3) is 0 Å². The molecule has 19 heavy (non-hydrogen) atoms. The summed E-state index contributed by atoms with van der Waals surface area (Å²) in [7, 11) is 0. The molecule has 2 fully saturated rings. The fourth-order valence-corrected chi connectivity index (χ4v) is 3.20. The number of nitrogens with one attached hydrogen (secondary N) is 1. The molecule has 2 heterocycles. The van der Waals surface area contributed by atoms with Gasteiger partial charge in [0.15, 0.2) is 0 Å². The van der Waals surface area contributed by atoms with Gasteiger partial charge in [-0.15, -0.1) is 0 Å². The Labute approximate surface area is 117 Å². The van der Waals surface area contributed by atoms with Gasteiger partial charge in [-0.3, -0.25) is 9.69 Å². The van der Waals surface area contributed by atoms with E-state index in [2.05, 4.69) is 29.0 Å². The van der Waals surface area contributed by atoms with Gasteiger partial charge in [0.05, 0.1) is 5.41 Å². The molecule has 0 radical (unpaired) electrons. The molecule has 0 aromatic rings. The van der Waals surface area contributed by atoms with E-state index in [1.165, 1.54) is 25.7 Å². The molecule has 2 saturated heterocycles. The molecule has 4 heteroatoms. The van der Waals surface area contributed by atoms with Crippen LogP contribution >= 0.6 is 0 Å². The Morgan fingerprint density at radius 2 is 1.58 bits per heavy atom. The highest BCUT2D eigenvalue weighted by atomic mass is 16.2. The minimum atomic E-state index is -0.248. The quantitative estimate of drug-likeness (QED) is 0.838. The normalized spacial score (nSPS) is 23.2. The van der Waals surface area contributed by atoms with Crippen molar-refractivity contribution in [2.75, 3.05) is 45.8 Å². The fourth-order valence-electron chi connectivity index (χ4n) is 3.20. The number of hydrogen-bond acceptors (Lipinski definition) is 3.